The quantitative estimate of drug-likeness (QED) is 0.0257. The number of nitro groups is 1. The van der Waals surface area contributed by atoms with E-state index < -0.39 is 80.1 Å². The predicted molar refractivity (Wildman–Crippen MR) is 217 cm³/mol. The fraction of sp³-hybridized carbons (Fsp3) is 0.378. The minimum Gasteiger partial charge on any atom is -0.462 e. The van der Waals surface area contributed by atoms with E-state index in [9.17, 15) is 34.1 Å². The summed E-state index contributed by atoms with van der Waals surface area (Å²) in [5.74, 6) is -5.29. The summed E-state index contributed by atoms with van der Waals surface area (Å²) in [6, 6.07) is 19.6. The highest BCUT2D eigenvalue weighted by Gasteiger charge is 2.54. The van der Waals surface area contributed by atoms with Gasteiger partial charge in [0.2, 0.25) is 0 Å². The summed E-state index contributed by atoms with van der Waals surface area (Å²) in [6.07, 6.45) is 5.34. The van der Waals surface area contributed by atoms with Crippen molar-refractivity contribution in [3.63, 3.8) is 0 Å². The van der Waals surface area contributed by atoms with Crippen LogP contribution in [0.1, 0.15) is 124 Å². The number of rotatable bonds is 13. The zero-order chi connectivity index (χ0) is 42.0. The number of benzene rings is 3. The van der Waals surface area contributed by atoms with Crippen molar-refractivity contribution >= 4 is 48.2 Å². The van der Waals surface area contributed by atoms with Gasteiger partial charge in [-0.05, 0) is 99.8 Å². The number of hydrogen-bond donors (Lipinski definition) is 1. The summed E-state index contributed by atoms with van der Waals surface area (Å²) >= 11 is 4.12. The summed E-state index contributed by atoms with van der Waals surface area (Å²) in [6.45, 7) is 4.89. The number of nitrogens with zero attached hydrogens (tertiary/aromatic N) is 2. The number of pyridine rings is 1. The monoisotopic (exact) mass is 820 g/mol. The molecule has 4 aliphatic rings. The van der Waals surface area contributed by atoms with Crippen LogP contribution in [0.4, 0.5) is 5.69 Å². The Morgan fingerprint density at radius 2 is 1.41 bits per heavy atom. The molecule has 14 heteroatoms. The lowest BCUT2D eigenvalue weighted by Gasteiger charge is -2.55. The van der Waals surface area contributed by atoms with E-state index in [1.54, 1.807) is 38.1 Å². The molecule has 1 aromatic heterocycles. The SMILES string of the molecule is CCCCOC(=O)c1c(C(=O)OC23CC4CC(CC(C4)C2)C3)nc(-c2ccccc2-c2ccccc2)c(C(=O)OC(C)C)c1C(=O)OC(=O)c1cccc(S)c1[N+](=O)[O-]. The number of thiol groups is 1. The molecule has 306 valence electrons. The molecule has 4 saturated carbocycles. The number of ether oxygens (including phenoxy) is 4. The van der Waals surface area contributed by atoms with Crippen LogP contribution >= 0.6 is 12.6 Å². The maximum Gasteiger partial charge on any atom is 0.358 e. The van der Waals surface area contributed by atoms with Crippen LogP contribution in [0, 0.1) is 27.9 Å². The van der Waals surface area contributed by atoms with Gasteiger partial charge in [0, 0.05) is 5.56 Å². The molecule has 4 aliphatic carbocycles. The Morgan fingerprint density at radius 3 is 2.02 bits per heavy atom. The van der Waals surface area contributed by atoms with Crippen LogP contribution < -0.4 is 0 Å². The van der Waals surface area contributed by atoms with Crippen LogP contribution in [0.2, 0.25) is 0 Å². The third-order valence-electron chi connectivity index (χ3n) is 11.2. The molecule has 4 fully saturated rings. The number of nitro benzene ring substituents is 1. The lowest BCUT2D eigenvalue weighted by molar-refractivity contribution is -0.388. The third kappa shape index (κ3) is 8.49. The molecule has 4 bridgehead atoms. The molecule has 0 N–H and O–H groups in total. The van der Waals surface area contributed by atoms with Crippen molar-refractivity contribution in [2.45, 2.75) is 88.7 Å². The van der Waals surface area contributed by atoms with Gasteiger partial charge in [-0.2, -0.15) is 0 Å². The van der Waals surface area contributed by atoms with Gasteiger partial charge in [-0.25, -0.2) is 29.0 Å². The van der Waals surface area contributed by atoms with Gasteiger partial charge in [0.15, 0.2) is 5.69 Å². The van der Waals surface area contributed by atoms with Gasteiger partial charge in [0.25, 0.3) is 5.69 Å². The van der Waals surface area contributed by atoms with E-state index in [0.29, 0.717) is 61.0 Å². The number of esters is 5. The van der Waals surface area contributed by atoms with Crippen molar-refractivity contribution in [2.24, 2.45) is 17.8 Å². The van der Waals surface area contributed by atoms with Gasteiger partial charge in [0.1, 0.15) is 22.3 Å². The Labute approximate surface area is 346 Å². The predicted octanol–water partition coefficient (Wildman–Crippen LogP) is 9.26. The first-order valence-electron chi connectivity index (χ1n) is 19.9. The van der Waals surface area contributed by atoms with Crippen molar-refractivity contribution in [1.29, 1.82) is 0 Å². The van der Waals surface area contributed by atoms with Crippen LogP contribution in [-0.2, 0) is 18.9 Å². The molecule has 0 saturated heterocycles. The zero-order valence-electron chi connectivity index (χ0n) is 32.9. The Hall–Kier alpha value is -5.89. The second-order valence-corrected chi connectivity index (χ2v) is 16.4. The molecule has 0 unspecified atom stereocenters. The molecule has 4 aromatic rings. The number of para-hydroxylation sites is 1. The normalized spacial score (nSPS) is 20.2. The topological polar surface area (TPSA) is 178 Å². The number of aromatic nitrogens is 1. The van der Waals surface area contributed by atoms with E-state index in [1.165, 1.54) is 12.1 Å². The van der Waals surface area contributed by atoms with Crippen molar-refractivity contribution < 1.29 is 47.8 Å². The molecule has 0 spiro atoms. The van der Waals surface area contributed by atoms with Gasteiger partial charge in [-0.3, -0.25) is 10.1 Å². The molecule has 59 heavy (non-hydrogen) atoms. The van der Waals surface area contributed by atoms with E-state index in [0.717, 1.165) is 25.3 Å². The molecule has 0 amide bonds. The Balaban J connectivity index is 1.49. The van der Waals surface area contributed by atoms with Crippen LogP contribution in [0.3, 0.4) is 0 Å². The van der Waals surface area contributed by atoms with Crippen molar-refractivity contribution in [2.75, 3.05) is 6.61 Å². The first kappa shape index (κ1) is 41.3. The van der Waals surface area contributed by atoms with Crippen LogP contribution in [0.15, 0.2) is 77.7 Å². The van der Waals surface area contributed by atoms with E-state index in [-0.39, 0.29) is 22.8 Å². The third-order valence-corrected chi connectivity index (χ3v) is 11.6. The summed E-state index contributed by atoms with van der Waals surface area (Å²) in [5, 5.41) is 12.0. The first-order chi connectivity index (χ1) is 28.3. The molecule has 13 nitrogen and oxygen atoms in total. The van der Waals surface area contributed by atoms with E-state index >= 15 is 0 Å². The number of carbonyl (C=O) groups is 5. The number of carbonyl (C=O) groups excluding carboxylic acids is 5. The van der Waals surface area contributed by atoms with E-state index in [2.05, 4.69) is 12.6 Å². The lowest BCUT2D eigenvalue weighted by atomic mass is 9.54. The highest BCUT2D eigenvalue weighted by atomic mass is 32.1. The molecular weight excluding hydrogens is 777 g/mol. The summed E-state index contributed by atoms with van der Waals surface area (Å²) in [5.41, 5.74) is -3.76. The van der Waals surface area contributed by atoms with Gasteiger partial charge in [-0.15, -0.1) is 12.6 Å². The minimum atomic E-state index is -1.59. The zero-order valence-corrected chi connectivity index (χ0v) is 33.8. The first-order valence-corrected chi connectivity index (χ1v) is 20.3. The molecule has 0 aliphatic heterocycles. The average molecular weight is 821 g/mol. The van der Waals surface area contributed by atoms with Crippen LogP contribution in [-0.4, -0.2) is 58.1 Å². The fourth-order valence-corrected chi connectivity index (χ4v) is 9.51. The lowest BCUT2D eigenvalue weighted by Crippen LogP contribution is -2.52. The fourth-order valence-electron chi connectivity index (χ4n) is 9.22. The molecule has 0 atom stereocenters. The van der Waals surface area contributed by atoms with Crippen LogP contribution in [0.5, 0.6) is 0 Å². The largest absolute Gasteiger partial charge is 0.462 e. The van der Waals surface area contributed by atoms with E-state index in [4.69, 9.17) is 23.9 Å². The van der Waals surface area contributed by atoms with Crippen molar-refractivity contribution in [3.05, 3.63) is 111 Å². The second-order valence-electron chi connectivity index (χ2n) is 15.9. The Kier molecular flexibility index (Phi) is 12.0. The van der Waals surface area contributed by atoms with Gasteiger partial charge >= 0.3 is 29.8 Å². The molecular formula is C45H44N2O11S. The molecule has 0 radical (unpaired) electrons. The van der Waals surface area contributed by atoms with Gasteiger partial charge in [-0.1, -0.05) is 74.0 Å². The summed E-state index contributed by atoms with van der Waals surface area (Å²) in [4.78, 5) is 88.0. The Bertz CT molecular complexity index is 2310. The van der Waals surface area contributed by atoms with E-state index in [1.807, 2.05) is 37.3 Å². The maximum atomic E-state index is 14.8. The summed E-state index contributed by atoms with van der Waals surface area (Å²) < 4.78 is 23.1. The highest BCUT2D eigenvalue weighted by molar-refractivity contribution is 7.80. The minimum absolute atomic E-state index is 0.127. The van der Waals surface area contributed by atoms with Gasteiger partial charge in [0.05, 0.1) is 33.8 Å². The summed E-state index contributed by atoms with van der Waals surface area (Å²) in [7, 11) is 0. The average Bonchev–Trinajstić information content (AvgIpc) is 3.19. The molecule has 1 heterocycles. The molecule has 3 aromatic carbocycles. The molecule has 8 rings (SSSR count). The number of unbranched alkanes of at least 4 members (excludes halogenated alkanes) is 1. The van der Waals surface area contributed by atoms with Crippen molar-refractivity contribution in [1.82, 2.24) is 4.98 Å². The van der Waals surface area contributed by atoms with Crippen LogP contribution in [0.25, 0.3) is 22.4 Å². The maximum absolute atomic E-state index is 14.8. The second kappa shape index (κ2) is 17.1. The van der Waals surface area contributed by atoms with Crippen molar-refractivity contribution in [3.8, 4) is 22.4 Å². The highest BCUT2D eigenvalue weighted by Crippen LogP contribution is 2.57. The Morgan fingerprint density at radius 1 is 0.780 bits per heavy atom. The smallest absolute Gasteiger partial charge is 0.358 e. The number of hydrogen-bond acceptors (Lipinski definition) is 13. The van der Waals surface area contributed by atoms with Gasteiger partial charge < -0.3 is 18.9 Å². The standard InChI is InChI=1S/C45H44N2O11S/c1-4-5-18-55-41(49)36-34(42(50)57-40(48)32-16-11-17-33(59)39(32)47(53)54)35(43(51)56-25(2)3)37(31-15-10-9-14-30(31)29-12-7-6-8-13-29)46-38(36)44(52)58-45-22-26-19-27(23-45)21-28(20-26)24-45/h6-17,25-28,59H,4-5,18-24H2,1-3H3.